The molecule has 1 unspecified atom stereocenters. The van der Waals surface area contributed by atoms with Gasteiger partial charge < -0.3 is 19.9 Å². The highest BCUT2D eigenvalue weighted by atomic mass is 16.5. The summed E-state index contributed by atoms with van der Waals surface area (Å²) in [6.07, 6.45) is -0.679. The third-order valence-corrected chi connectivity index (χ3v) is 1.75. The largest absolute Gasteiger partial charge is 0.480 e. The van der Waals surface area contributed by atoms with Crippen molar-refractivity contribution in [3.05, 3.63) is 0 Å². The van der Waals surface area contributed by atoms with Crippen LogP contribution >= 0.6 is 0 Å². The van der Waals surface area contributed by atoms with Crippen molar-refractivity contribution in [3.63, 3.8) is 0 Å². The summed E-state index contributed by atoms with van der Waals surface area (Å²) in [6, 6.07) is -0.911. The number of ether oxygens (including phenoxy) is 2. The fraction of sp³-hybridized carbons (Fsp3) is 0.778. The van der Waals surface area contributed by atoms with Crippen molar-refractivity contribution in [1.82, 2.24) is 5.32 Å². The molecule has 6 heteroatoms. The van der Waals surface area contributed by atoms with Gasteiger partial charge in [-0.2, -0.15) is 0 Å². The third-order valence-electron chi connectivity index (χ3n) is 1.75. The molecule has 0 aromatic heterocycles. The maximum absolute atomic E-state index is 11.3. The molecule has 0 aliphatic heterocycles. The van der Waals surface area contributed by atoms with Crippen LogP contribution < -0.4 is 5.32 Å². The summed E-state index contributed by atoms with van der Waals surface area (Å²) in [5.74, 6) is -1.52. The summed E-state index contributed by atoms with van der Waals surface area (Å²) >= 11 is 0. The molecule has 0 saturated heterocycles. The van der Waals surface area contributed by atoms with Crippen LogP contribution in [0.25, 0.3) is 0 Å². The van der Waals surface area contributed by atoms with Crippen LogP contribution in [0.5, 0.6) is 0 Å². The number of amides is 1. The van der Waals surface area contributed by atoms with E-state index in [1.54, 1.807) is 6.92 Å². The molecular formula is C9H17NO5. The van der Waals surface area contributed by atoms with Crippen molar-refractivity contribution in [2.75, 3.05) is 20.3 Å². The highest BCUT2D eigenvalue weighted by molar-refractivity contribution is 5.85. The monoisotopic (exact) mass is 219 g/mol. The lowest BCUT2D eigenvalue weighted by molar-refractivity contribution is -0.143. The van der Waals surface area contributed by atoms with Gasteiger partial charge in [0.15, 0.2) is 0 Å². The molecule has 2 N–H and O–H groups in total. The molecule has 0 radical (unpaired) electrons. The highest BCUT2D eigenvalue weighted by Crippen LogP contribution is 1.92. The number of carbonyl (C=O) groups excluding carboxylic acids is 1. The average Bonchev–Trinajstić information content (AvgIpc) is 2.17. The van der Waals surface area contributed by atoms with E-state index in [1.165, 1.54) is 14.0 Å². The lowest BCUT2D eigenvalue weighted by Crippen LogP contribution is -2.43. The minimum absolute atomic E-state index is 0.298. The van der Waals surface area contributed by atoms with Crippen molar-refractivity contribution < 1.29 is 24.2 Å². The van der Waals surface area contributed by atoms with E-state index < -0.39 is 24.0 Å². The lowest BCUT2D eigenvalue weighted by atomic mass is 10.3. The van der Waals surface area contributed by atoms with Gasteiger partial charge in [-0.25, -0.2) is 0 Å². The first-order chi connectivity index (χ1) is 6.99. The molecule has 0 spiro atoms. The van der Waals surface area contributed by atoms with Gasteiger partial charge in [-0.15, -0.1) is 0 Å². The van der Waals surface area contributed by atoms with E-state index in [9.17, 15) is 9.59 Å². The van der Waals surface area contributed by atoms with Crippen LogP contribution in [0, 0.1) is 0 Å². The van der Waals surface area contributed by atoms with E-state index in [4.69, 9.17) is 14.6 Å². The van der Waals surface area contributed by atoms with Gasteiger partial charge in [0.2, 0.25) is 5.91 Å². The smallest absolute Gasteiger partial charge is 0.325 e. The van der Waals surface area contributed by atoms with Gasteiger partial charge in [0, 0.05) is 7.11 Å². The van der Waals surface area contributed by atoms with Gasteiger partial charge in [-0.1, -0.05) is 0 Å². The number of nitrogens with one attached hydrogen (secondary N) is 1. The van der Waals surface area contributed by atoms with E-state index in [-0.39, 0.29) is 0 Å². The maximum atomic E-state index is 11.3. The molecule has 0 bridgehead atoms. The number of aliphatic carboxylic acids is 1. The number of rotatable bonds is 7. The average molecular weight is 219 g/mol. The first-order valence-electron chi connectivity index (χ1n) is 4.62. The van der Waals surface area contributed by atoms with Crippen LogP contribution in [0.1, 0.15) is 13.8 Å². The van der Waals surface area contributed by atoms with Gasteiger partial charge in [-0.3, -0.25) is 9.59 Å². The van der Waals surface area contributed by atoms with Crippen LogP contribution in [0.4, 0.5) is 0 Å². The first-order valence-corrected chi connectivity index (χ1v) is 4.62. The number of carboxylic acids is 1. The Morgan fingerprint density at radius 1 is 1.33 bits per heavy atom. The molecule has 0 aromatic rings. The number of methoxy groups -OCH3 is 1. The zero-order chi connectivity index (χ0) is 11.8. The van der Waals surface area contributed by atoms with Crippen molar-refractivity contribution in [2.24, 2.45) is 0 Å². The summed E-state index contributed by atoms with van der Waals surface area (Å²) in [7, 11) is 1.53. The SMILES string of the molecule is COCCOC(C)C(=O)N[C@@H](C)C(=O)O. The van der Waals surface area contributed by atoms with Gasteiger partial charge in [0.25, 0.3) is 0 Å². The van der Waals surface area contributed by atoms with Crippen molar-refractivity contribution in [1.29, 1.82) is 0 Å². The molecule has 15 heavy (non-hydrogen) atoms. The maximum Gasteiger partial charge on any atom is 0.325 e. The van der Waals surface area contributed by atoms with E-state index in [2.05, 4.69) is 5.32 Å². The normalized spacial score (nSPS) is 14.3. The summed E-state index contributed by atoms with van der Waals surface area (Å²) in [5.41, 5.74) is 0. The Balaban J connectivity index is 3.83. The van der Waals surface area contributed by atoms with Crippen LogP contribution in [0.3, 0.4) is 0 Å². The summed E-state index contributed by atoms with van der Waals surface area (Å²) < 4.78 is 9.84. The molecule has 1 amide bonds. The molecular weight excluding hydrogens is 202 g/mol. The van der Waals surface area contributed by atoms with E-state index in [0.29, 0.717) is 13.2 Å². The number of hydrogen-bond donors (Lipinski definition) is 2. The predicted molar refractivity (Wildman–Crippen MR) is 52.5 cm³/mol. The Labute approximate surface area is 88.6 Å². The minimum atomic E-state index is -1.08. The molecule has 6 nitrogen and oxygen atoms in total. The topological polar surface area (TPSA) is 84.9 Å². The lowest BCUT2D eigenvalue weighted by Gasteiger charge is -2.15. The fourth-order valence-corrected chi connectivity index (χ4v) is 0.776. The first kappa shape index (κ1) is 13.9. The van der Waals surface area contributed by atoms with Gasteiger partial charge in [-0.05, 0) is 13.8 Å². The molecule has 0 rings (SSSR count). The Bertz CT molecular complexity index is 219. The molecule has 0 aliphatic rings. The van der Waals surface area contributed by atoms with Gasteiger partial charge in [0.1, 0.15) is 12.1 Å². The molecule has 88 valence electrons. The molecule has 0 fully saturated rings. The zero-order valence-corrected chi connectivity index (χ0v) is 9.15. The fourth-order valence-electron chi connectivity index (χ4n) is 0.776. The van der Waals surface area contributed by atoms with Crippen LogP contribution in [0.2, 0.25) is 0 Å². The van der Waals surface area contributed by atoms with Crippen LogP contribution in [-0.2, 0) is 19.1 Å². The van der Waals surface area contributed by atoms with Crippen molar-refractivity contribution in [3.8, 4) is 0 Å². The quantitative estimate of drug-likeness (QED) is 0.570. The highest BCUT2D eigenvalue weighted by Gasteiger charge is 2.18. The Hall–Kier alpha value is -1.14. The van der Waals surface area contributed by atoms with E-state index >= 15 is 0 Å². The molecule has 0 aromatic carbocycles. The second kappa shape index (κ2) is 7.19. The number of carbonyl (C=O) groups is 2. The summed E-state index contributed by atoms with van der Waals surface area (Å²) in [6.45, 7) is 3.64. The second-order valence-electron chi connectivity index (χ2n) is 3.07. The van der Waals surface area contributed by atoms with Gasteiger partial charge >= 0.3 is 5.97 Å². The summed E-state index contributed by atoms with van der Waals surface area (Å²) in [4.78, 5) is 21.8. The Kier molecular flexibility index (Phi) is 6.64. The second-order valence-corrected chi connectivity index (χ2v) is 3.07. The van der Waals surface area contributed by atoms with Gasteiger partial charge in [0.05, 0.1) is 13.2 Å². The predicted octanol–water partition coefficient (Wildman–Crippen LogP) is -0.373. The Morgan fingerprint density at radius 2 is 1.93 bits per heavy atom. The third kappa shape index (κ3) is 6.03. The van der Waals surface area contributed by atoms with E-state index in [0.717, 1.165) is 0 Å². The minimum Gasteiger partial charge on any atom is -0.480 e. The van der Waals surface area contributed by atoms with Crippen molar-refractivity contribution in [2.45, 2.75) is 26.0 Å². The number of hydrogen-bond acceptors (Lipinski definition) is 4. The number of carboxylic acid groups (broad SMARTS) is 1. The standard InChI is InChI=1S/C9H17NO5/c1-6(9(12)13)10-8(11)7(2)15-5-4-14-3/h6-7H,4-5H2,1-3H3,(H,10,11)(H,12,13)/t6-,7?/m0/s1. The van der Waals surface area contributed by atoms with Crippen LogP contribution in [0.15, 0.2) is 0 Å². The molecule has 0 saturated carbocycles. The molecule has 2 atom stereocenters. The summed E-state index contributed by atoms with van der Waals surface area (Å²) in [5, 5.41) is 10.9. The Morgan fingerprint density at radius 3 is 2.40 bits per heavy atom. The van der Waals surface area contributed by atoms with E-state index in [1.807, 2.05) is 0 Å². The van der Waals surface area contributed by atoms with Crippen LogP contribution in [-0.4, -0.2) is 49.5 Å². The molecule has 0 heterocycles. The van der Waals surface area contributed by atoms with Crippen molar-refractivity contribution >= 4 is 11.9 Å². The zero-order valence-electron chi connectivity index (χ0n) is 9.15. The molecule has 0 aliphatic carbocycles.